The monoisotopic (exact) mass is 321 g/mol. The number of anilines is 1. The highest BCUT2D eigenvalue weighted by Crippen LogP contribution is 2.31. The van der Waals surface area contributed by atoms with Gasteiger partial charge in [0.15, 0.2) is 0 Å². The number of nitrogens with one attached hydrogen (secondary N) is 1. The molecule has 1 amide bonds. The van der Waals surface area contributed by atoms with E-state index < -0.39 is 0 Å². The Morgan fingerprint density at radius 2 is 2.08 bits per heavy atom. The van der Waals surface area contributed by atoms with Gasteiger partial charge in [-0.25, -0.2) is 4.98 Å². The van der Waals surface area contributed by atoms with Crippen LogP contribution >= 0.6 is 0 Å². The first-order valence-corrected chi connectivity index (χ1v) is 8.80. The lowest BCUT2D eigenvalue weighted by Gasteiger charge is -2.27. The smallest absolute Gasteiger partial charge is 0.255 e. The third-order valence-corrected chi connectivity index (χ3v) is 5.14. The topological polar surface area (TPSA) is 45.2 Å². The van der Waals surface area contributed by atoms with Crippen molar-refractivity contribution < 1.29 is 4.79 Å². The number of benzene rings is 1. The van der Waals surface area contributed by atoms with Gasteiger partial charge in [-0.2, -0.15) is 0 Å². The molecule has 0 spiro atoms. The zero-order valence-corrected chi connectivity index (χ0v) is 14.0. The molecule has 2 atom stereocenters. The van der Waals surface area contributed by atoms with Crippen LogP contribution in [-0.2, 0) is 6.42 Å². The van der Waals surface area contributed by atoms with Crippen molar-refractivity contribution in [2.45, 2.75) is 32.2 Å². The van der Waals surface area contributed by atoms with Gasteiger partial charge in [0.1, 0.15) is 5.82 Å². The predicted molar refractivity (Wildman–Crippen MR) is 95.0 cm³/mol. The third kappa shape index (κ3) is 2.88. The van der Waals surface area contributed by atoms with Crippen LogP contribution in [0.25, 0.3) is 0 Å². The maximum Gasteiger partial charge on any atom is 0.255 e. The van der Waals surface area contributed by atoms with Gasteiger partial charge in [-0.05, 0) is 42.4 Å². The highest BCUT2D eigenvalue weighted by atomic mass is 16.2. The number of pyridine rings is 1. The van der Waals surface area contributed by atoms with Crippen LogP contribution in [0.2, 0.25) is 0 Å². The molecular formula is C20H23N3O. The zero-order valence-electron chi connectivity index (χ0n) is 14.0. The van der Waals surface area contributed by atoms with E-state index in [2.05, 4.69) is 41.5 Å². The summed E-state index contributed by atoms with van der Waals surface area (Å²) in [5.41, 5.74) is 3.17. The number of likely N-dealkylation sites (tertiary alicyclic amines) is 1. The first kappa shape index (κ1) is 15.2. The van der Waals surface area contributed by atoms with Crippen LogP contribution in [0.15, 0.2) is 42.6 Å². The van der Waals surface area contributed by atoms with Crippen molar-refractivity contribution in [3.8, 4) is 0 Å². The lowest BCUT2D eigenvalue weighted by atomic mass is 9.94. The number of fused-ring (bicyclic) bond motifs is 1. The summed E-state index contributed by atoms with van der Waals surface area (Å²) in [6, 6.07) is 12.8. The van der Waals surface area contributed by atoms with Gasteiger partial charge in [0, 0.05) is 19.3 Å². The summed E-state index contributed by atoms with van der Waals surface area (Å²) in [6.45, 7) is 3.93. The Labute approximate surface area is 142 Å². The molecule has 2 aliphatic heterocycles. The summed E-state index contributed by atoms with van der Waals surface area (Å²) in [6.07, 6.45) is 4.80. The van der Waals surface area contributed by atoms with Crippen molar-refractivity contribution in [2.24, 2.45) is 5.92 Å². The van der Waals surface area contributed by atoms with E-state index in [1.807, 2.05) is 17.0 Å². The molecule has 2 aromatic rings. The van der Waals surface area contributed by atoms with E-state index in [1.165, 1.54) is 5.56 Å². The number of nitrogens with zero attached hydrogens (tertiary/aromatic N) is 2. The van der Waals surface area contributed by atoms with Gasteiger partial charge in [-0.1, -0.05) is 37.3 Å². The summed E-state index contributed by atoms with van der Waals surface area (Å²) in [5, 5.41) is 3.52. The molecule has 0 bridgehead atoms. The summed E-state index contributed by atoms with van der Waals surface area (Å²) >= 11 is 0. The zero-order chi connectivity index (χ0) is 16.5. The lowest BCUT2D eigenvalue weighted by Crippen LogP contribution is -2.29. The van der Waals surface area contributed by atoms with Crippen LogP contribution < -0.4 is 5.32 Å². The summed E-state index contributed by atoms with van der Waals surface area (Å²) in [4.78, 5) is 19.1. The minimum atomic E-state index is 0.125. The Morgan fingerprint density at radius 3 is 2.83 bits per heavy atom. The van der Waals surface area contributed by atoms with Gasteiger partial charge in [0.2, 0.25) is 0 Å². The van der Waals surface area contributed by atoms with Crippen molar-refractivity contribution in [3.05, 3.63) is 59.3 Å². The van der Waals surface area contributed by atoms with Crippen molar-refractivity contribution in [1.82, 2.24) is 9.88 Å². The minimum absolute atomic E-state index is 0.125. The Morgan fingerprint density at radius 1 is 1.25 bits per heavy atom. The van der Waals surface area contributed by atoms with Gasteiger partial charge in [-0.3, -0.25) is 4.79 Å². The van der Waals surface area contributed by atoms with E-state index in [9.17, 15) is 4.79 Å². The molecule has 1 fully saturated rings. The number of aromatic nitrogens is 1. The van der Waals surface area contributed by atoms with E-state index in [1.54, 1.807) is 6.20 Å². The molecule has 0 saturated carbocycles. The molecule has 1 unspecified atom stereocenters. The first-order chi connectivity index (χ1) is 11.7. The quantitative estimate of drug-likeness (QED) is 0.918. The summed E-state index contributed by atoms with van der Waals surface area (Å²) in [7, 11) is 0. The number of amides is 1. The van der Waals surface area contributed by atoms with Crippen molar-refractivity contribution in [1.29, 1.82) is 0 Å². The van der Waals surface area contributed by atoms with Gasteiger partial charge in [0.05, 0.1) is 11.6 Å². The number of carbonyl (C=O) groups is 1. The first-order valence-electron chi connectivity index (χ1n) is 8.80. The number of rotatable bonds is 2. The second-order valence-electron chi connectivity index (χ2n) is 7.02. The molecule has 4 rings (SSSR count). The van der Waals surface area contributed by atoms with Crippen LogP contribution in [0.4, 0.5) is 5.82 Å². The van der Waals surface area contributed by atoms with Crippen LogP contribution in [0.3, 0.4) is 0 Å². The molecule has 0 radical (unpaired) electrons. The molecule has 2 aliphatic rings. The average molecular weight is 321 g/mol. The largest absolute Gasteiger partial charge is 0.363 e. The molecular weight excluding hydrogens is 298 g/mol. The van der Waals surface area contributed by atoms with E-state index in [0.29, 0.717) is 12.0 Å². The minimum Gasteiger partial charge on any atom is -0.363 e. The predicted octanol–water partition coefficient (Wildman–Crippen LogP) is 3.66. The highest BCUT2D eigenvalue weighted by Gasteiger charge is 2.26. The molecule has 4 heteroatoms. The van der Waals surface area contributed by atoms with Crippen LogP contribution in [-0.4, -0.2) is 28.9 Å². The van der Waals surface area contributed by atoms with E-state index in [-0.39, 0.29) is 5.91 Å². The van der Waals surface area contributed by atoms with Crippen LogP contribution in [0.1, 0.15) is 47.3 Å². The molecule has 1 aromatic carbocycles. The van der Waals surface area contributed by atoms with E-state index in [0.717, 1.165) is 49.3 Å². The fraction of sp³-hybridized carbons (Fsp3) is 0.400. The molecule has 1 aromatic heterocycles. The lowest BCUT2D eigenvalue weighted by molar-refractivity contribution is 0.0787. The molecule has 0 aliphatic carbocycles. The van der Waals surface area contributed by atoms with Crippen LogP contribution in [0.5, 0.6) is 0 Å². The fourth-order valence-electron chi connectivity index (χ4n) is 3.72. The molecule has 4 nitrogen and oxygen atoms in total. The van der Waals surface area contributed by atoms with Crippen molar-refractivity contribution in [2.75, 3.05) is 18.4 Å². The molecule has 3 heterocycles. The molecule has 124 valence electrons. The maximum atomic E-state index is 12.6. The second kappa shape index (κ2) is 6.27. The summed E-state index contributed by atoms with van der Waals surface area (Å²) in [5.74, 6) is 1.65. The Kier molecular flexibility index (Phi) is 3.97. The van der Waals surface area contributed by atoms with Gasteiger partial charge in [-0.15, -0.1) is 0 Å². The van der Waals surface area contributed by atoms with Crippen molar-refractivity contribution in [3.63, 3.8) is 0 Å². The van der Waals surface area contributed by atoms with E-state index in [4.69, 9.17) is 0 Å². The van der Waals surface area contributed by atoms with E-state index >= 15 is 0 Å². The third-order valence-electron chi connectivity index (χ3n) is 5.14. The second-order valence-corrected chi connectivity index (χ2v) is 7.02. The number of carbonyl (C=O) groups excluding carboxylic acids is 1. The molecule has 1 N–H and O–H groups in total. The summed E-state index contributed by atoms with van der Waals surface area (Å²) < 4.78 is 0. The number of hydrogen-bond acceptors (Lipinski definition) is 3. The fourth-order valence-corrected chi connectivity index (χ4v) is 3.72. The average Bonchev–Trinajstić information content (AvgIpc) is 3.07. The number of hydrogen-bond donors (Lipinski definition) is 1. The van der Waals surface area contributed by atoms with Gasteiger partial charge >= 0.3 is 0 Å². The standard InChI is InChI=1S/C20H23N3O/c1-14-9-10-23(13-14)20(24)17-11-16-7-8-18(22-19(16)21-12-17)15-5-3-2-4-6-15/h2-6,11-12,14,18H,7-10,13H2,1H3,(H,21,22)/t14-,18?/m0/s1. The Balaban J connectivity index is 1.52. The maximum absolute atomic E-state index is 12.6. The van der Waals surface area contributed by atoms with Crippen molar-refractivity contribution >= 4 is 11.7 Å². The van der Waals surface area contributed by atoms with Gasteiger partial charge < -0.3 is 10.2 Å². The van der Waals surface area contributed by atoms with Gasteiger partial charge in [0.25, 0.3) is 5.91 Å². The molecule has 1 saturated heterocycles. The Bertz CT molecular complexity index is 744. The number of aryl methyl sites for hydroxylation is 1. The Hall–Kier alpha value is -2.36. The normalized spacial score (nSPS) is 22.8. The SMILES string of the molecule is C[C@H]1CCN(C(=O)c2cnc3c(c2)CCC(c2ccccc2)N3)C1. The highest BCUT2D eigenvalue weighted by molar-refractivity contribution is 5.94. The molecule has 24 heavy (non-hydrogen) atoms. The van der Waals surface area contributed by atoms with Crippen LogP contribution in [0, 0.1) is 5.92 Å².